The van der Waals surface area contributed by atoms with E-state index in [0.29, 0.717) is 30.0 Å². The lowest BCUT2D eigenvalue weighted by atomic mass is 10.1. The summed E-state index contributed by atoms with van der Waals surface area (Å²) in [7, 11) is 1.63. The van der Waals surface area contributed by atoms with Gasteiger partial charge in [0.1, 0.15) is 17.3 Å². The van der Waals surface area contributed by atoms with E-state index >= 15 is 0 Å². The summed E-state index contributed by atoms with van der Waals surface area (Å²) in [6.07, 6.45) is 4.45. The smallest absolute Gasteiger partial charge is 0.300 e. The van der Waals surface area contributed by atoms with E-state index in [0.717, 1.165) is 46.4 Å². The fourth-order valence-corrected chi connectivity index (χ4v) is 3.33. The molecule has 0 atom stereocenters. The lowest BCUT2D eigenvalue weighted by Gasteiger charge is -2.10. The molecule has 5 rings (SSSR count). The van der Waals surface area contributed by atoms with Crippen LogP contribution in [0.3, 0.4) is 0 Å². The van der Waals surface area contributed by atoms with Crippen molar-refractivity contribution in [1.82, 2.24) is 15.0 Å². The topological polar surface area (TPSA) is 96.9 Å². The highest BCUT2D eigenvalue weighted by Crippen LogP contribution is 2.41. The van der Waals surface area contributed by atoms with E-state index in [1.807, 2.05) is 42.5 Å². The van der Waals surface area contributed by atoms with Crippen molar-refractivity contribution in [3.05, 3.63) is 60.0 Å². The quantitative estimate of drug-likeness (QED) is 0.490. The van der Waals surface area contributed by atoms with Crippen molar-refractivity contribution in [3.63, 3.8) is 0 Å². The van der Waals surface area contributed by atoms with Crippen LogP contribution in [0.1, 0.15) is 30.1 Å². The van der Waals surface area contributed by atoms with E-state index in [9.17, 15) is 0 Å². The van der Waals surface area contributed by atoms with Crippen molar-refractivity contribution in [3.8, 4) is 23.2 Å². The molecule has 2 heterocycles. The van der Waals surface area contributed by atoms with Gasteiger partial charge in [-0.25, -0.2) is 15.0 Å². The molecular weight excluding hydrogens is 378 g/mol. The first-order chi connectivity index (χ1) is 14.7. The maximum absolute atomic E-state index is 8.88. The van der Waals surface area contributed by atoms with Gasteiger partial charge in [0.05, 0.1) is 31.3 Å². The molecule has 148 valence electrons. The third kappa shape index (κ3) is 3.55. The van der Waals surface area contributed by atoms with Crippen LogP contribution in [0.25, 0.3) is 22.3 Å². The number of methoxy groups -OCH3 is 1. The zero-order chi connectivity index (χ0) is 20.5. The number of anilines is 2. The van der Waals surface area contributed by atoms with Gasteiger partial charge < -0.3 is 9.15 Å². The molecule has 4 aromatic rings. The summed E-state index contributed by atoms with van der Waals surface area (Å²) in [5, 5.41) is 12.9. The summed E-state index contributed by atoms with van der Waals surface area (Å²) < 4.78 is 11.2. The third-order valence-electron chi connectivity index (χ3n) is 5.13. The normalized spacial score (nSPS) is 13.2. The Morgan fingerprint density at radius 3 is 2.73 bits per heavy atom. The third-order valence-corrected chi connectivity index (χ3v) is 5.13. The molecule has 1 aliphatic carbocycles. The Hall–Kier alpha value is -3.92. The summed E-state index contributed by atoms with van der Waals surface area (Å²) >= 11 is 0. The maximum Gasteiger partial charge on any atom is 0.300 e. The number of oxazole rings is 1. The van der Waals surface area contributed by atoms with Crippen molar-refractivity contribution in [2.45, 2.75) is 25.2 Å². The fourth-order valence-electron chi connectivity index (χ4n) is 3.33. The van der Waals surface area contributed by atoms with Crippen molar-refractivity contribution < 1.29 is 9.15 Å². The van der Waals surface area contributed by atoms with E-state index in [-0.39, 0.29) is 0 Å². The monoisotopic (exact) mass is 397 g/mol. The highest BCUT2D eigenvalue weighted by atomic mass is 16.5. The van der Waals surface area contributed by atoms with Crippen molar-refractivity contribution in [1.29, 1.82) is 5.26 Å². The summed E-state index contributed by atoms with van der Waals surface area (Å²) in [6.45, 7) is 0. The van der Waals surface area contributed by atoms with E-state index in [1.54, 1.807) is 13.3 Å². The minimum Gasteiger partial charge on any atom is -0.497 e. The summed E-state index contributed by atoms with van der Waals surface area (Å²) in [4.78, 5) is 13.8. The molecule has 0 amide bonds. The first kappa shape index (κ1) is 18.1. The van der Waals surface area contributed by atoms with Crippen LogP contribution in [0.2, 0.25) is 0 Å². The molecule has 7 nitrogen and oxygen atoms in total. The molecular formula is C23H19N5O2. The first-order valence-corrected chi connectivity index (χ1v) is 9.78. The number of ether oxygens (including phenoxy) is 1. The van der Waals surface area contributed by atoms with E-state index in [1.165, 1.54) is 0 Å². The summed E-state index contributed by atoms with van der Waals surface area (Å²) in [5.41, 5.74) is 2.56. The Labute approximate surface area is 173 Å². The Morgan fingerprint density at radius 1 is 1.17 bits per heavy atom. The molecule has 1 aliphatic rings. The fraction of sp³-hybridized carbons (Fsp3) is 0.217. The summed E-state index contributed by atoms with van der Waals surface area (Å²) in [6, 6.07) is 15.9. The molecule has 0 spiro atoms. The van der Waals surface area contributed by atoms with Gasteiger partial charge in [-0.1, -0.05) is 24.3 Å². The molecule has 7 heteroatoms. The SMILES string of the molecule is COc1ccc2c(Nc3ncc(C4CC4)o3)nc(-c3ccc(CC#N)cc3)nc2c1. The molecule has 2 aromatic carbocycles. The van der Waals surface area contributed by atoms with Crippen molar-refractivity contribution in [2.24, 2.45) is 0 Å². The van der Waals surface area contributed by atoms with Crippen LogP contribution >= 0.6 is 0 Å². The van der Waals surface area contributed by atoms with Crippen LogP contribution in [0.4, 0.5) is 11.8 Å². The van der Waals surface area contributed by atoms with E-state index < -0.39 is 0 Å². The van der Waals surface area contributed by atoms with Gasteiger partial charge in [0, 0.05) is 22.9 Å². The minimum absolute atomic E-state index is 0.371. The molecule has 1 saturated carbocycles. The lowest BCUT2D eigenvalue weighted by Crippen LogP contribution is -2.00. The largest absolute Gasteiger partial charge is 0.497 e. The standard InChI is InChI=1S/C23H19N5O2/c1-29-17-8-9-18-19(12-17)26-21(16-4-2-14(3-5-16)10-11-24)27-22(18)28-23-25-13-20(30-23)15-6-7-15/h2-5,8-9,12-13,15H,6-7,10H2,1H3,(H,25,26,27,28). The predicted molar refractivity (Wildman–Crippen MR) is 113 cm³/mol. The Morgan fingerprint density at radius 2 is 2.00 bits per heavy atom. The highest BCUT2D eigenvalue weighted by molar-refractivity contribution is 5.92. The van der Waals surface area contributed by atoms with Crippen molar-refractivity contribution >= 4 is 22.7 Å². The molecule has 1 N–H and O–H groups in total. The number of nitrogens with one attached hydrogen (secondary N) is 1. The number of nitrogens with zero attached hydrogens (tertiary/aromatic N) is 4. The number of hydrogen-bond acceptors (Lipinski definition) is 7. The lowest BCUT2D eigenvalue weighted by molar-refractivity contribution is 0.415. The second-order valence-electron chi connectivity index (χ2n) is 7.28. The van der Waals surface area contributed by atoms with Gasteiger partial charge in [-0.3, -0.25) is 5.32 Å². The number of benzene rings is 2. The van der Waals surface area contributed by atoms with Gasteiger partial charge in [0.2, 0.25) is 0 Å². The van der Waals surface area contributed by atoms with Gasteiger partial charge in [-0.05, 0) is 30.5 Å². The minimum atomic E-state index is 0.371. The second-order valence-corrected chi connectivity index (χ2v) is 7.28. The Balaban J connectivity index is 1.57. The van der Waals surface area contributed by atoms with Gasteiger partial charge in [0.15, 0.2) is 5.82 Å². The predicted octanol–water partition coefficient (Wildman–Crippen LogP) is 4.98. The van der Waals surface area contributed by atoms with Crippen LogP contribution in [0.5, 0.6) is 5.75 Å². The number of fused-ring (bicyclic) bond motifs is 1. The zero-order valence-electron chi connectivity index (χ0n) is 16.4. The van der Waals surface area contributed by atoms with Crippen LogP contribution in [0, 0.1) is 11.3 Å². The first-order valence-electron chi connectivity index (χ1n) is 9.78. The maximum atomic E-state index is 8.88. The Kier molecular flexibility index (Phi) is 4.52. The molecule has 2 aromatic heterocycles. The summed E-state index contributed by atoms with van der Waals surface area (Å²) in [5.74, 6) is 3.29. The second kappa shape index (κ2) is 7.48. The van der Waals surface area contributed by atoms with E-state index in [4.69, 9.17) is 24.4 Å². The van der Waals surface area contributed by atoms with Gasteiger partial charge in [-0.15, -0.1) is 0 Å². The molecule has 0 bridgehead atoms. The number of hydrogen-bond donors (Lipinski definition) is 1. The van der Waals surface area contributed by atoms with Gasteiger partial charge in [-0.2, -0.15) is 5.26 Å². The Bertz CT molecular complexity index is 1250. The molecule has 0 aliphatic heterocycles. The average molecular weight is 397 g/mol. The number of aromatic nitrogens is 3. The molecule has 1 fully saturated rings. The van der Waals surface area contributed by atoms with Crippen LogP contribution in [-0.2, 0) is 6.42 Å². The van der Waals surface area contributed by atoms with Gasteiger partial charge >= 0.3 is 6.01 Å². The average Bonchev–Trinajstić information content (AvgIpc) is 3.53. The zero-order valence-corrected chi connectivity index (χ0v) is 16.4. The molecule has 30 heavy (non-hydrogen) atoms. The molecule has 0 radical (unpaired) electrons. The number of rotatable bonds is 6. The van der Waals surface area contributed by atoms with Crippen LogP contribution in [-0.4, -0.2) is 22.1 Å². The van der Waals surface area contributed by atoms with Crippen molar-refractivity contribution in [2.75, 3.05) is 12.4 Å². The van der Waals surface area contributed by atoms with Crippen LogP contribution in [0.15, 0.2) is 53.1 Å². The molecule has 0 unspecified atom stereocenters. The van der Waals surface area contributed by atoms with E-state index in [2.05, 4.69) is 16.4 Å². The van der Waals surface area contributed by atoms with Crippen LogP contribution < -0.4 is 10.1 Å². The molecule has 0 saturated heterocycles. The van der Waals surface area contributed by atoms with Gasteiger partial charge in [0.25, 0.3) is 0 Å². The highest BCUT2D eigenvalue weighted by Gasteiger charge is 2.27. The number of nitriles is 1.